The normalized spacial score (nSPS) is 13.2. The summed E-state index contributed by atoms with van der Waals surface area (Å²) in [6.45, 7) is 0. The van der Waals surface area contributed by atoms with Crippen LogP contribution in [0.25, 0.3) is 32.3 Å². The van der Waals surface area contributed by atoms with E-state index >= 15 is 0 Å². The minimum absolute atomic E-state index is 0.358. The summed E-state index contributed by atoms with van der Waals surface area (Å²) < 4.78 is 21.0. The van der Waals surface area contributed by atoms with E-state index in [2.05, 4.69) is 0 Å². The lowest BCUT2D eigenvalue weighted by molar-refractivity contribution is 0.426. The van der Waals surface area contributed by atoms with E-state index in [1.54, 1.807) is 12.1 Å². The summed E-state index contributed by atoms with van der Waals surface area (Å²) in [4.78, 5) is 0.358. The first kappa shape index (κ1) is 13.7. The molecule has 22 heavy (non-hydrogen) atoms. The predicted octanol–water partition coefficient (Wildman–Crippen LogP) is 1.84. The van der Waals surface area contributed by atoms with E-state index in [-0.39, 0.29) is 0 Å². The van der Waals surface area contributed by atoms with Gasteiger partial charge in [0.2, 0.25) is 0 Å². The van der Waals surface area contributed by atoms with E-state index in [4.69, 9.17) is 0 Å². The molecule has 0 fully saturated rings. The summed E-state index contributed by atoms with van der Waals surface area (Å²) in [7, 11) is -1.56. The second-order valence-corrected chi connectivity index (χ2v) is 6.20. The van der Waals surface area contributed by atoms with Crippen LogP contribution < -0.4 is 5.46 Å². The lowest BCUT2D eigenvalue weighted by atomic mass is 9.75. The van der Waals surface area contributed by atoms with Crippen molar-refractivity contribution in [3.05, 3.63) is 48.5 Å². The Morgan fingerprint density at radius 1 is 0.773 bits per heavy atom. The Bertz CT molecular complexity index is 1040. The van der Waals surface area contributed by atoms with Gasteiger partial charge in [-0.15, -0.1) is 0 Å². The van der Waals surface area contributed by atoms with E-state index in [9.17, 15) is 18.8 Å². The summed E-state index contributed by atoms with van der Waals surface area (Å²) in [6, 6.07) is 14.5. The second-order valence-electron chi connectivity index (χ2n) is 5.26. The van der Waals surface area contributed by atoms with Gasteiger partial charge in [0.15, 0.2) is 11.1 Å². The maximum absolute atomic E-state index is 11.6. The maximum Gasteiger partial charge on any atom is 0.489 e. The molecule has 1 unspecified atom stereocenters. The quantitative estimate of drug-likeness (QED) is 0.300. The number of hydrogen-bond donors (Lipinski definition) is 3. The first-order valence-corrected chi connectivity index (χ1v) is 7.86. The van der Waals surface area contributed by atoms with Gasteiger partial charge in [-0.1, -0.05) is 42.5 Å². The molecule has 0 amide bonds. The molecule has 0 aliphatic rings. The Balaban J connectivity index is 2.30. The van der Waals surface area contributed by atoms with Crippen LogP contribution in [0.15, 0.2) is 53.4 Å². The summed E-state index contributed by atoms with van der Waals surface area (Å²) in [5.74, 6) is 0. The molecule has 1 atom stereocenters. The Kier molecular flexibility index (Phi) is 2.95. The van der Waals surface area contributed by atoms with Crippen molar-refractivity contribution >= 4 is 56.0 Å². The molecule has 0 bridgehead atoms. The molecule has 0 saturated heterocycles. The van der Waals surface area contributed by atoms with Crippen LogP contribution in [0, 0.1) is 0 Å². The average molecular weight is 310 g/mol. The van der Waals surface area contributed by atoms with Crippen molar-refractivity contribution in [2.75, 3.05) is 0 Å². The highest BCUT2D eigenvalue weighted by molar-refractivity contribution is 7.79. The molecule has 6 heteroatoms. The topological polar surface area (TPSA) is 77.8 Å². The third-order valence-electron chi connectivity index (χ3n) is 4.12. The Morgan fingerprint density at radius 2 is 1.32 bits per heavy atom. The van der Waals surface area contributed by atoms with E-state index < -0.39 is 18.2 Å². The average Bonchev–Trinajstić information content (AvgIpc) is 2.51. The van der Waals surface area contributed by atoms with Gasteiger partial charge in [-0.3, -0.25) is 0 Å². The van der Waals surface area contributed by atoms with Gasteiger partial charge in [-0.05, 0) is 38.5 Å². The van der Waals surface area contributed by atoms with Crippen molar-refractivity contribution in [3.63, 3.8) is 0 Å². The molecule has 4 nitrogen and oxygen atoms in total. The Hall–Kier alpha value is -1.99. The van der Waals surface area contributed by atoms with Crippen molar-refractivity contribution in [2.45, 2.75) is 4.90 Å². The molecule has 0 saturated carbocycles. The minimum Gasteiger partial charge on any atom is -0.423 e. The smallest absolute Gasteiger partial charge is 0.423 e. The highest BCUT2D eigenvalue weighted by atomic mass is 32.2. The zero-order chi connectivity index (χ0) is 15.4. The Labute approximate surface area is 128 Å². The minimum atomic E-state index is -2.07. The lowest BCUT2D eigenvalue weighted by Crippen LogP contribution is -2.30. The van der Waals surface area contributed by atoms with E-state index in [0.29, 0.717) is 15.7 Å². The van der Waals surface area contributed by atoms with Crippen LogP contribution >= 0.6 is 0 Å². The van der Waals surface area contributed by atoms with Crippen LogP contribution in [0.1, 0.15) is 0 Å². The molecule has 0 aromatic heterocycles. The van der Waals surface area contributed by atoms with E-state index in [1.165, 1.54) is 0 Å². The molecule has 0 spiro atoms. The fraction of sp³-hybridized carbons (Fsp3) is 0. The largest absolute Gasteiger partial charge is 0.489 e. The van der Waals surface area contributed by atoms with Gasteiger partial charge in [-0.2, -0.15) is 0 Å². The van der Waals surface area contributed by atoms with Crippen molar-refractivity contribution < 1.29 is 18.8 Å². The van der Waals surface area contributed by atoms with Gasteiger partial charge >= 0.3 is 7.12 Å². The van der Waals surface area contributed by atoms with Crippen molar-refractivity contribution in [2.24, 2.45) is 0 Å². The van der Waals surface area contributed by atoms with Gasteiger partial charge in [0.05, 0.1) is 4.90 Å². The summed E-state index contributed by atoms with van der Waals surface area (Å²) in [5.41, 5.74) is 0.428. The van der Waals surface area contributed by atoms with Crippen LogP contribution in [-0.2, 0) is 11.1 Å². The van der Waals surface area contributed by atoms with Crippen molar-refractivity contribution in [1.82, 2.24) is 0 Å². The molecule has 0 heterocycles. The van der Waals surface area contributed by atoms with Crippen molar-refractivity contribution in [3.8, 4) is 0 Å². The summed E-state index contributed by atoms with van der Waals surface area (Å²) in [6.07, 6.45) is 0. The van der Waals surface area contributed by atoms with Crippen molar-refractivity contribution in [1.29, 1.82) is 0 Å². The molecular formula is C16H11BO4S. The summed E-state index contributed by atoms with van der Waals surface area (Å²) >= 11 is -2.07. The fourth-order valence-corrected chi connectivity index (χ4v) is 3.72. The zero-order valence-corrected chi connectivity index (χ0v) is 12.2. The van der Waals surface area contributed by atoms with Crippen LogP contribution in [0.3, 0.4) is 0 Å². The third kappa shape index (κ3) is 1.79. The first-order chi connectivity index (χ1) is 10.6. The second kappa shape index (κ2) is 4.76. The fourth-order valence-electron chi connectivity index (χ4n) is 3.17. The molecule has 3 N–H and O–H groups in total. The highest BCUT2D eigenvalue weighted by Gasteiger charge is 2.19. The van der Waals surface area contributed by atoms with E-state index in [0.717, 1.165) is 26.9 Å². The third-order valence-corrected chi connectivity index (χ3v) is 4.86. The van der Waals surface area contributed by atoms with Gasteiger partial charge in [0.25, 0.3) is 0 Å². The first-order valence-electron chi connectivity index (χ1n) is 6.75. The molecular weight excluding hydrogens is 299 g/mol. The highest BCUT2D eigenvalue weighted by Crippen LogP contribution is 2.36. The van der Waals surface area contributed by atoms with Gasteiger partial charge in [0, 0.05) is 5.39 Å². The monoisotopic (exact) mass is 310 g/mol. The van der Waals surface area contributed by atoms with Gasteiger partial charge < -0.3 is 14.6 Å². The SMILES string of the molecule is O=S(O)c1ccc2ccc3c(B(O)O)ccc4ccc1c2c43. The van der Waals surface area contributed by atoms with Crippen LogP contribution in [0.2, 0.25) is 0 Å². The summed E-state index contributed by atoms with van der Waals surface area (Å²) in [5, 5.41) is 24.2. The van der Waals surface area contributed by atoms with Gasteiger partial charge in [-0.25, -0.2) is 4.21 Å². The maximum atomic E-state index is 11.6. The molecule has 0 radical (unpaired) electrons. The molecule has 4 aromatic carbocycles. The van der Waals surface area contributed by atoms with E-state index in [1.807, 2.05) is 36.4 Å². The lowest BCUT2D eigenvalue weighted by Gasteiger charge is -2.14. The standard InChI is InChI=1S/C16H11BO4S/c18-17(19)13-7-3-9-2-6-12-14(22(20)21)8-4-10-1-5-11(13)15(9)16(10)12/h1-8,18-19H,(H,20,21). The number of benzene rings is 4. The van der Waals surface area contributed by atoms with Crippen LogP contribution in [-0.4, -0.2) is 25.9 Å². The van der Waals surface area contributed by atoms with Crippen LogP contribution in [0.4, 0.5) is 0 Å². The molecule has 0 aliphatic heterocycles. The molecule has 108 valence electrons. The van der Waals surface area contributed by atoms with Gasteiger partial charge in [0.1, 0.15) is 0 Å². The number of hydrogen-bond acceptors (Lipinski definition) is 3. The molecule has 4 aromatic rings. The zero-order valence-electron chi connectivity index (χ0n) is 11.4. The molecule has 4 rings (SSSR count). The van der Waals surface area contributed by atoms with Crippen LogP contribution in [0.5, 0.6) is 0 Å². The number of rotatable bonds is 2. The Morgan fingerprint density at radius 3 is 1.95 bits per heavy atom. The predicted molar refractivity (Wildman–Crippen MR) is 89.0 cm³/mol. The molecule has 0 aliphatic carbocycles.